The first-order valence-electron chi connectivity index (χ1n) is 5.96. The summed E-state index contributed by atoms with van der Waals surface area (Å²) in [6, 6.07) is 0. The largest absolute Gasteiger partial charge is 0.392 e. The fourth-order valence-electron chi connectivity index (χ4n) is 3.04. The zero-order chi connectivity index (χ0) is 12.5. The average Bonchev–Trinajstić information content (AvgIpc) is 2.16. The molecule has 90 valence electrons. The topological polar surface area (TPSA) is 20.2 Å². The lowest BCUT2D eigenvalue weighted by Gasteiger charge is -2.47. The molecule has 0 unspecified atom stereocenters. The van der Waals surface area contributed by atoms with Crippen LogP contribution in [0, 0.1) is 17.3 Å². The van der Waals surface area contributed by atoms with Crippen molar-refractivity contribution in [2.45, 2.75) is 39.7 Å². The first-order valence-corrected chi connectivity index (χ1v) is 5.96. The molecule has 16 heavy (non-hydrogen) atoms. The van der Waals surface area contributed by atoms with E-state index in [9.17, 15) is 5.11 Å². The van der Waals surface area contributed by atoms with E-state index in [1.807, 2.05) is 19.9 Å². The summed E-state index contributed by atoms with van der Waals surface area (Å²) in [6.45, 7) is 18.1. The molecule has 1 aliphatic rings. The Kier molecular flexibility index (Phi) is 3.80. The van der Waals surface area contributed by atoms with Crippen LogP contribution < -0.4 is 0 Å². The van der Waals surface area contributed by atoms with Crippen molar-refractivity contribution in [3.8, 4) is 0 Å². The molecular weight excluding hydrogens is 196 g/mol. The van der Waals surface area contributed by atoms with Gasteiger partial charge in [0.1, 0.15) is 0 Å². The SMILES string of the molecule is C=C[C@@]1(C)CC[C@H](C(=C)C)[C@@H](O)[C@@H]1C(=C)C. The Labute approximate surface area is 99.6 Å². The summed E-state index contributed by atoms with van der Waals surface area (Å²) >= 11 is 0. The van der Waals surface area contributed by atoms with E-state index in [4.69, 9.17) is 0 Å². The lowest BCUT2D eigenvalue weighted by Crippen LogP contribution is -2.45. The van der Waals surface area contributed by atoms with Gasteiger partial charge in [-0.05, 0) is 32.1 Å². The summed E-state index contributed by atoms with van der Waals surface area (Å²) in [7, 11) is 0. The molecule has 1 heteroatoms. The normalized spacial score (nSPS) is 39.1. The van der Waals surface area contributed by atoms with E-state index in [0.29, 0.717) is 0 Å². The quantitative estimate of drug-likeness (QED) is 0.719. The number of aliphatic hydroxyl groups excluding tert-OH is 1. The summed E-state index contributed by atoms with van der Waals surface area (Å²) < 4.78 is 0. The van der Waals surface area contributed by atoms with E-state index in [0.717, 1.165) is 24.0 Å². The van der Waals surface area contributed by atoms with Gasteiger partial charge in [-0.25, -0.2) is 0 Å². The highest BCUT2D eigenvalue weighted by molar-refractivity contribution is 5.18. The molecular formula is C15H24O. The first kappa shape index (κ1) is 13.2. The van der Waals surface area contributed by atoms with Crippen LogP contribution >= 0.6 is 0 Å². The van der Waals surface area contributed by atoms with Crippen molar-refractivity contribution < 1.29 is 5.11 Å². The summed E-state index contributed by atoms with van der Waals surface area (Å²) in [5.74, 6) is 0.301. The molecule has 0 aromatic carbocycles. The van der Waals surface area contributed by atoms with Crippen LogP contribution in [0.25, 0.3) is 0 Å². The minimum atomic E-state index is -0.369. The minimum Gasteiger partial charge on any atom is -0.392 e. The molecule has 0 heterocycles. The van der Waals surface area contributed by atoms with E-state index < -0.39 is 0 Å². The lowest BCUT2D eigenvalue weighted by atomic mass is 9.60. The van der Waals surface area contributed by atoms with Gasteiger partial charge in [0, 0.05) is 11.8 Å². The van der Waals surface area contributed by atoms with E-state index in [1.54, 1.807) is 0 Å². The molecule has 1 nitrogen and oxygen atoms in total. The van der Waals surface area contributed by atoms with Crippen molar-refractivity contribution in [2.75, 3.05) is 0 Å². The van der Waals surface area contributed by atoms with Gasteiger partial charge in [-0.2, -0.15) is 0 Å². The Morgan fingerprint density at radius 1 is 1.31 bits per heavy atom. The highest BCUT2D eigenvalue weighted by Crippen LogP contribution is 2.48. The molecule has 0 saturated heterocycles. The van der Waals surface area contributed by atoms with Gasteiger partial charge in [0.25, 0.3) is 0 Å². The van der Waals surface area contributed by atoms with Gasteiger partial charge in [-0.15, -0.1) is 6.58 Å². The standard InChI is InChI=1S/C15H24O/c1-7-15(6)9-8-12(10(2)3)14(16)13(15)11(4)5/h7,12-14,16H,1-2,4,8-9H2,3,5-6H3/t12-,13+,14-,15+/m1/s1. The highest BCUT2D eigenvalue weighted by atomic mass is 16.3. The Bertz CT molecular complexity index is 315. The van der Waals surface area contributed by atoms with Crippen LogP contribution in [0.2, 0.25) is 0 Å². The zero-order valence-corrected chi connectivity index (χ0v) is 10.8. The Morgan fingerprint density at radius 2 is 1.88 bits per heavy atom. The molecule has 1 rings (SSSR count). The van der Waals surface area contributed by atoms with Crippen molar-refractivity contribution in [3.63, 3.8) is 0 Å². The van der Waals surface area contributed by atoms with Crippen molar-refractivity contribution in [3.05, 3.63) is 37.0 Å². The predicted molar refractivity (Wildman–Crippen MR) is 70.2 cm³/mol. The molecule has 0 bridgehead atoms. The predicted octanol–water partition coefficient (Wildman–Crippen LogP) is 3.72. The van der Waals surface area contributed by atoms with Crippen LogP contribution in [0.5, 0.6) is 0 Å². The van der Waals surface area contributed by atoms with Gasteiger partial charge in [-0.3, -0.25) is 0 Å². The van der Waals surface area contributed by atoms with E-state index in [-0.39, 0.29) is 23.4 Å². The van der Waals surface area contributed by atoms with Crippen LogP contribution in [0.15, 0.2) is 37.0 Å². The third-order valence-corrected chi connectivity index (χ3v) is 4.09. The molecule has 0 aliphatic heterocycles. The molecule has 1 aliphatic carbocycles. The molecule has 0 aromatic heterocycles. The fourth-order valence-corrected chi connectivity index (χ4v) is 3.04. The molecule has 1 N–H and O–H groups in total. The van der Waals surface area contributed by atoms with Crippen LogP contribution in [0.3, 0.4) is 0 Å². The van der Waals surface area contributed by atoms with Crippen LogP contribution in [-0.4, -0.2) is 11.2 Å². The maximum Gasteiger partial charge on any atom is 0.0678 e. The van der Waals surface area contributed by atoms with Gasteiger partial charge in [-0.1, -0.05) is 37.3 Å². The zero-order valence-electron chi connectivity index (χ0n) is 10.8. The van der Waals surface area contributed by atoms with E-state index in [1.165, 1.54) is 0 Å². The van der Waals surface area contributed by atoms with Crippen LogP contribution in [-0.2, 0) is 0 Å². The molecule has 0 aromatic rings. The molecule has 1 saturated carbocycles. The third-order valence-electron chi connectivity index (χ3n) is 4.09. The monoisotopic (exact) mass is 220 g/mol. The molecule has 1 fully saturated rings. The summed E-state index contributed by atoms with van der Waals surface area (Å²) in [5, 5.41) is 10.5. The number of aliphatic hydroxyl groups is 1. The maximum atomic E-state index is 10.5. The third kappa shape index (κ3) is 2.15. The van der Waals surface area contributed by atoms with E-state index in [2.05, 4.69) is 26.7 Å². The Morgan fingerprint density at radius 3 is 2.25 bits per heavy atom. The van der Waals surface area contributed by atoms with Crippen LogP contribution in [0.4, 0.5) is 0 Å². The van der Waals surface area contributed by atoms with Crippen molar-refractivity contribution in [1.29, 1.82) is 0 Å². The van der Waals surface area contributed by atoms with Crippen LogP contribution in [0.1, 0.15) is 33.6 Å². The van der Waals surface area contributed by atoms with Crippen molar-refractivity contribution >= 4 is 0 Å². The Hall–Kier alpha value is -0.820. The first-order chi connectivity index (χ1) is 7.33. The fraction of sp³-hybridized carbons (Fsp3) is 0.600. The van der Waals surface area contributed by atoms with E-state index >= 15 is 0 Å². The van der Waals surface area contributed by atoms with Gasteiger partial charge in [0.2, 0.25) is 0 Å². The second kappa shape index (κ2) is 4.58. The van der Waals surface area contributed by atoms with Gasteiger partial charge in [0.05, 0.1) is 6.10 Å². The second-order valence-electron chi connectivity index (χ2n) is 5.52. The molecule has 0 spiro atoms. The second-order valence-corrected chi connectivity index (χ2v) is 5.52. The summed E-state index contributed by atoms with van der Waals surface area (Å²) in [4.78, 5) is 0. The van der Waals surface area contributed by atoms with Gasteiger partial charge in [0.15, 0.2) is 0 Å². The number of rotatable bonds is 3. The number of allylic oxidation sites excluding steroid dienone is 1. The minimum absolute atomic E-state index is 0.0306. The maximum absolute atomic E-state index is 10.5. The highest BCUT2D eigenvalue weighted by Gasteiger charge is 2.44. The van der Waals surface area contributed by atoms with Gasteiger partial charge < -0.3 is 5.11 Å². The lowest BCUT2D eigenvalue weighted by molar-refractivity contribution is -0.00651. The average molecular weight is 220 g/mol. The summed E-state index contributed by atoms with van der Waals surface area (Å²) in [6.07, 6.45) is 3.64. The molecule has 0 amide bonds. The van der Waals surface area contributed by atoms with Crippen molar-refractivity contribution in [1.82, 2.24) is 0 Å². The Balaban J connectivity index is 3.05. The number of hydrogen-bond donors (Lipinski definition) is 1. The van der Waals surface area contributed by atoms with Crippen molar-refractivity contribution in [2.24, 2.45) is 17.3 Å². The van der Waals surface area contributed by atoms with Gasteiger partial charge >= 0.3 is 0 Å². The number of hydrogen-bond acceptors (Lipinski definition) is 1. The smallest absolute Gasteiger partial charge is 0.0678 e. The summed E-state index contributed by atoms with van der Waals surface area (Å²) in [5.41, 5.74) is 2.09. The molecule has 4 atom stereocenters. The molecule has 0 radical (unpaired) electrons.